The minimum atomic E-state index is -0.385. The average Bonchev–Trinajstić information content (AvgIpc) is 2.64. The Balaban J connectivity index is 2.48. The lowest BCUT2D eigenvalue weighted by molar-refractivity contribution is -0.0190. The molecule has 1 atom stereocenters. The van der Waals surface area contributed by atoms with E-state index in [1.807, 2.05) is 37.8 Å². The number of hydrogen-bond donors (Lipinski definition) is 1. The van der Waals surface area contributed by atoms with E-state index in [2.05, 4.69) is 5.10 Å². The van der Waals surface area contributed by atoms with E-state index in [0.29, 0.717) is 12.8 Å². The van der Waals surface area contributed by atoms with E-state index < -0.39 is 0 Å². The van der Waals surface area contributed by atoms with E-state index in [0.717, 1.165) is 12.1 Å². The maximum absolute atomic E-state index is 9.93. The van der Waals surface area contributed by atoms with Crippen molar-refractivity contribution >= 4 is 0 Å². The molecule has 0 saturated carbocycles. The molecule has 4 nitrogen and oxygen atoms in total. The summed E-state index contributed by atoms with van der Waals surface area (Å²) in [5, 5.41) is 14.1. The van der Waals surface area contributed by atoms with Crippen molar-refractivity contribution in [3.05, 3.63) is 18.0 Å². The first kappa shape index (κ1) is 13.2. The normalized spacial score (nSPS) is 14.1. The first-order valence-electron chi connectivity index (χ1n) is 5.71. The van der Waals surface area contributed by atoms with E-state index in [1.165, 1.54) is 0 Å². The molecule has 0 aliphatic heterocycles. The maximum atomic E-state index is 9.93. The Labute approximate surface area is 97.2 Å². The van der Waals surface area contributed by atoms with Gasteiger partial charge in [0.1, 0.15) is 0 Å². The average molecular weight is 226 g/mol. The molecule has 0 saturated heterocycles. The number of methoxy groups -OCH3 is 1. The summed E-state index contributed by atoms with van der Waals surface area (Å²) in [4.78, 5) is 0. The lowest BCUT2D eigenvalue weighted by Gasteiger charge is -2.25. The largest absolute Gasteiger partial charge is 0.393 e. The van der Waals surface area contributed by atoms with Crippen LogP contribution in [0.4, 0.5) is 0 Å². The third-order valence-electron chi connectivity index (χ3n) is 2.76. The van der Waals surface area contributed by atoms with Crippen molar-refractivity contribution in [1.29, 1.82) is 0 Å². The highest BCUT2D eigenvalue weighted by Gasteiger charge is 2.21. The highest BCUT2D eigenvalue weighted by molar-refractivity contribution is 5.05. The van der Waals surface area contributed by atoms with E-state index in [9.17, 15) is 5.11 Å². The summed E-state index contributed by atoms with van der Waals surface area (Å²) in [5.74, 6) is 0. The fourth-order valence-corrected chi connectivity index (χ4v) is 1.68. The molecule has 1 unspecified atom stereocenters. The van der Waals surface area contributed by atoms with Gasteiger partial charge in [-0.05, 0) is 26.3 Å². The summed E-state index contributed by atoms with van der Waals surface area (Å²) in [6.07, 6.45) is 4.66. The molecule has 4 heteroatoms. The van der Waals surface area contributed by atoms with Gasteiger partial charge >= 0.3 is 0 Å². The molecule has 0 amide bonds. The molecule has 0 fully saturated rings. The quantitative estimate of drug-likeness (QED) is 0.802. The molecular weight excluding hydrogens is 204 g/mol. The van der Waals surface area contributed by atoms with E-state index >= 15 is 0 Å². The van der Waals surface area contributed by atoms with Gasteiger partial charge in [0.25, 0.3) is 0 Å². The van der Waals surface area contributed by atoms with Gasteiger partial charge in [-0.1, -0.05) is 0 Å². The Kier molecular flexibility index (Phi) is 4.50. The first-order valence-corrected chi connectivity index (χ1v) is 5.71. The Morgan fingerprint density at radius 1 is 1.56 bits per heavy atom. The number of ether oxygens (including phenoxy) is 1. The topological polar surface area (TPSA) is 47.3 Å². The second-order valence-electron chi connectivity index (χ2n) is 4.73. The van der Waals surface area contributed by atoms with E-state index in [4.69, 9.17) is 4.74 Å². The van der Waals surface area contributed by atoms with Crippen molar-refractivity contribution in [1.82, 2.24) is 9.78 Å². The summed E-state index contributed by atoms with van der Waals surface area (Å²) in [5.41, 5.74) is 0.793. The second-order valence-corrected chi connectivity index (χ2v) is 4.73. The highest BCUT2D eigenvalue weighted by Crippen LogP contribution is 2.17. The standard InChI is InChI=1S/C12H22N2O2/c1-5-14-9-10(8-13-14)6-11(15)7-12(2,3)16-4/h8-9,11,15H,5-7H2,1-4H3. The summed E-state index contributed by atoms with van der Waals surface area (Å²) < 4.78 is 7.16. The van der Waals surface area contributed by atoms with Crippen LogP contribution in [0.2, 0.25) is 0 Å². The van der Waals surface area contributed by atoms with Gasteiger partial charge in [-0.3, -0.25) is 4.68 Å². The molecule has 1 aromatic heterocycles. The zero-order valence-electron chi connectivity index (χ0n) is 10.6. The first-order chi connectivity index (χ1) is 7.46. The van der Waals surface area contributed by atoms with Gasteiger partial charge in [0.15, 0.2) is 0 Å². The van der Waals surface area contributed by atoms with Gasteiger partial charge in [0.05, 0.1) is 17.9 Å². The molecule has 0 aliphatic carbocycles. The number of aromatic nitrogens is 2. The van der Waals surface area contributed by atoms with Crippen LogP contribution in [0, 0.1) is 0 Å². The van der Waals surface area contributed by atoms with E-state index in [1.54, 1.807) is 7.11 Å². The molecule has 0 spiro atoms. The number of aliphatic hydroxyl groups is 1. The molecule has 0 bridgehead atoms. The Hall–Kier alpha value is -0.870. The van der Waals surface area contributed by atoms with Crippen LogP contribution >= 0.6 is 0 Å². The predicted octanol–water partition coefficient (Wildman–Crippen LogP) is 1.62. The molecule has 1 heterocycles. The number of hydrogen-bond acceptors (Lipinski definition) is 3. The van der Waals surface area contributed by atoms with Crippen LogP contribution in [0.1, 0.15) is 32.8 Å². The molecule has 16 heavy (non-hydrogen) atoms. The highest BCUT2D eigenvalue weighted by atomic mass is 16.5. The van der Waals surface area contributed by atoms with Crippen LogP contribution < -0.4 is 0 Å². The minimum Gasteiger partial charge on any atom is -0.393 e. The fraction of sp³-hybridized carbons (Fsp3) is 0.750. The van der Waals surface area contributed by atoms with Crippen molar-refractivity contribution in [2.24, 2.45) is 0 Å². The predicted molar refractivity (Wildman–Crippen MR) is 63.3 cm³/mol. The van der Waals surface area contributed by atoms with Crippen molar-refractivity contribution in [3.8, 4) is 0 Å². The van der Waals surface area contributed by atoms with Crippen LogP contribution in [0.15, 0.2) is 12.4 Å². The minimum absolute atomic E-state index is 0.278. The van der Waals surface area contributed by atoms with Crippen LogP contribution in [-0.2, 0) is 17.7 Å². The Morgan fingerprint density at radius 3 is 2.75 bits per heavy atom. The number of rotatable bonds is 6. The van der Waals surface area contributed by atoms with Crippen molar-refractivity contribution < 1.29 is 9.84 Å². The van der Waals surface area contributed by atoms with Gasteiger partial charge in [-0.15, -0.1) is 0 Å². The van der Waals surface area contributed by atoms with E-state index in [-0.39, 0.29) is 11.7 Å². The molecule has 1 N–H and O–H groups in total. The summed E-state index contributed by atoms with van der Waals surface area (Å²) in [7, 11) is 1.67. The molecule has 0 aliphatic rings. The summed E-state index contributed by atoms with van der Waals surface area (Å²) >= 11 is 0. The molecular formula is C12H22N2O2. The lowest BCUT2D eigenvalue weighted by Crippen LogP contribution is -2.29. The van der Waals surface area contributed by atoms with Crippen LogP contribution in [0.3, 0.4) is 0 Å². The van der Waals surface area contributed by atoms with Crippen LogP contribution in [0.25, 0.3) is 0 Å². The number of aliphatic hydroxyl groups excluding tert-OH is 1. The SMILES string of the molecule is CCn1cc(CC(O)CC(C)(C)OC)cn1. The zero-order chi connectivity index (χ0) is 12.2. The van der Waals surface area contributed by atoms with Gasteiger partial charge < -0.3 is 9.84 Å². The van der Waals surface area contributed by atoms with Gasteiger partial charge in [0.2, 0.25) is 0 Å². The number of nitrogens with zero attached hydrogens (tertiary/aromatic N) is 2. The molecule has 1 aromatic rings. The monoisotopic (exact) mass is 226 g/mol. The number of aryl methyl sites for hydroxylation is 1. The fourth-order valence-electron chi connectivity index (χ4n) is 1.68. The third-order valence-corrected chi connectivity index (χ3v) is 2.76. The van der Waals surface area contributed by atoms with Crippen LogP contribution in [0.5, 0.6) is 0 Å². The van der Waals surface area contributed by atoms with Gasteiger partial charge in [-0.25, -0.2) is 0 Å². The summed E-state index contributed by atoms with van der Waals surface area (Å²) in [6.45, 7) is 6.86. The van der Waals surface area contributed by atoms with Crippen molar-refractivity contribution in [2.45, 2.75) is 51.9 Å². The molecule has 0 aromatic carbocycles. The third kappa shape index (κ3) is 3.94. The Morgan fingerprint density at radius 2 is 2.25 bits per heavy atom. The Bertz CT molecular complexity index is 321. The zero-order valence-corrected chi connectivity index (χ0v) is 10.6. The van der Waals surface area contributed by atoms with Crippen LogP contribution in [-0.4, -0.2) is 33.7 Å². The molecule has 0 radical (unpaired) electrons. The molecule has 1 rings (SSSR count). The van der Waals surface area contributed by atoms with Crippen molar-refractivity contribution in [2.75, 3.05) is 7.11 Å². The maximum Gasteiger partial charge on any atom is 0.0647 e. The van der Waals surface area contributed by atoms with Gasteiger partial charge in [-0.2, -0.15) is 5.10 Å². The van der Waals surface area contributed by atoms with Crippen molar-refractivity contribution in [3.63, 3.8) is 0 Å². The summed E-state index contributed by atoms with van der Waals surface area (Å²) in [6, 6.07) is 0. The smallest absolute Gasteiger partial charge is 0.0647 e. The second kappa shape index (κ2) is 5.46. The molecule has 92 valence electrons. The lowest BCUT2D eigenvalue weighted by atomic mass is 9.97. The van der Waals surface area contributed by atoms with Gasteiger partial charge in [0, 0.05) is 32.7 Å².